The van der Waals surface area contributed by atoms with Gasteiger partial charge in [0.1, 0.15) is 12.0 Å². The standard InChI is InChI=1S/C18H18N4O4/c1-18(11-20,13-4-5-13)22-16(24)10-26-17(25)12-2-6-14(7-3-12)21-15(23)8-9-19/h2-3,6-7,13H,4-5,8,10H2,1H3,(H,21,23)(H,22,24)/t18-/m1/s1. The van der Waals surface area contributed by atoms with E-state index in [0.717, 1.165) is 12.8 Å². The minimum Gasteiger partial charge on any atom is -0.452 e. The molecule has 0 heterocycles. The van der Waals surface area contributed by atoms with Crippen molar-refractivity contribution in [3.8, 4) is 12.1 Å². The van der Waals surface area contributed by atoms with Crippen LogP contribution in [0.15, 0.2) is 24.3 Å². The highest BCUT2D eigenvalue weighted by atomic mass is 16.5. The van der Waals surface area contributed by atoms with Gasteiger partial charge >= 0.3 is 5.97 Å². The van der Waals surface area contributed by atoms with Gasteiger partial charge in [0.15, 0.2) is 6.61 Å². The van der Waals surface area contributed by atoms with Gasteiger partial charge in [-0.25, -0.2) is 4.79 Å². The molecule has 1 aromatic carbocycles. The summed E-state index contributed by atoms with van der Waals surface area (Å²) in [6.07, 6.45) is 1.52. The zero-order valence-corrected chi connectivity index (χ0v) is 14.2. The van der Waals surface area contributed by atoms with E-state index in [4.69, 9.17) is 10.00 Å². The highest BCUT2D eigenvalue weighted by Gasteiger charge is 2.43. The predicted molar refractivity (Wildman–Crippen MR) is 90.5 cm³/mol. The first kappa shape index (κ1) is 18.9. The van der Waals surface area contributed by atoms with Crippen LogP contribution >= 0.6 is 0 Å². The molecule has 0 saturated heterocycles. The Balaban J connectivity index is 1.84. The van der Waals surface area contributed by atoms with Crippen LogP contribution in [0, 0.1) is 28.6 Å². The van der Waals surface area contributed by atoms with Gasteiger partial charge in [-0.2, -0.15) is 10.5 Å². The molecule has 2 rings (SSSR count). The molecule has 0 radical (unpaired) electrons. The summed E-state index contributed by atoms with van der Waals surface area (Å²) in [6, 6.07) is 9.68. The molecule has 1 aliphatic carbocycles. The third kappa shape index (κ3) is 5.05. The highest BCUT2D eigenvalue weighted by molar-refractivity contribution is 5.94. The molecule has 8 heteroatoms. The predicted octanol–water partition coefficient (Wildman–Crippen LogP) is 1.50. The number of hydrogen-bond acceptors (Lipinski definition) is 6. The highest BCUT2D eigenvalue weighted by Crippen LogP contribution is 2.39. The van der Waals surface area contributed by atoms with Crippen molar-refractivity contribution in [3.63, 3.8) is 0 Å². The number of rotatable bonds is 7. The molecule has 1 fully saturated rings. The number of esters is 1. The fourth-order valence-corrected chi connectivity index (χ4v) is 2.39. The molecule has 8 nitrogen and oxygen atoms in total. The van der Waals surface area contributed by atoms with Crippen molar-refractivity contribution in [1.29, 1.82) is 10.5 Å². The van der Waals surface area contributed by atoms with Gasteiger partial charge in [-0.3, -0.25) is 9.59 Å². The Morgan fingerprint density at radius 2 is 1.85 bits per heavy atom. The van der Waals surface area contributed by atoms with Gasteiger partial charge in [0.05, 0.1) is 17.7 Å². The first-order valence-electron chi connectivity index (χ1n) is 8.04. The molecule has 0 aliphatic heterocycles. The zero-order valence-electron chi connectivity index (χ0n) is 14.2. The van der Waals surface area contributed by atoms with Crippen molar-refractivity contribution < 1.29 is 19.1 Å². The molecule has 1 saturated carbocycles. The second kappa shape index (κ2) is 8.13. The summed E-state index contributed by atoms with van der Waals surface area (Å²) >= 11 is 0. The molecule has 0 aromatic heterocycles. The Kier molecular flexibility index (Phi) is 5.92. The van der Waals surface area contributed by atoms with Crippen molar-refractivity contribution in [1.82, 2.24) is 5.32 Å². The number of nitrogens with zero attached hydrogens (tertiary/aromatic N) is 2. The second-order valence-electron chi connectivity index (χ2n) is 6.17. The van der Waals surface area contributed by atoms with Crippen LogP contribution in [0.1, 0.15) is 36.5 Å². The fourth-order valence-electron chi connectivity index (χ4n) is 2.39. The van der Waals surface area contributed by atoms with Crippen LogP contribution in [0.3, 0.4) is 0 Å². The normalized spacial score (nSPS) is 14.9. The minimum atomic E-state index is -0.938. The monoisotopic (exact) mass is 354 g/mol. The van der Waals surface area contributed by atoms with E-state index in [-0.39, 0.29) is 17.9 Å². The number of amides is 2. The van der Waals surface area contributed by atoms with E-state index in [2.05, 4.69) is 16.7 Å². The lowest BCUT2D eigenvalue weighted by molar-refractivity contribution is -0.125. The van der Waals surface area contributed by atoms with Crippen LogP contribution < -0.4 is 10.6 Å². The van der Waals surface area contributed by atoms with Crippen LogP contribution in [0.4, 0.5) is 5.69 Å². The van der Waals surface area contributed by atoms with E-state index in [0.29, 0.717) is 5.69 Å². The Bertz CT molecular complexity index is 787. The summed E-state index contributed by atoms with van der Waals surface area (Å²) in [7, 11) is 0. The van der Waals surface area contributed by atoms with Crippen LogP contribution in [0.2, 0.25) is 0 Å². The summed E-state index contributed by atoms with van der Waals surface area (Å²) in [5.74, 6) is -1.54. The van der Waals surface area contributed by atoms with Crippen molar-refractivity contribution >= 4 is 23.5 Å². The van der Waals surface area contributed by atoms with Gasteiger partial charge in [-0.15, -0.1) is 0 Å². The molecule has 2 amide bonds. The lowest BCUT2D eigenvalue weighted by Gasteiger charge is -2.22. The van der Waals surface area contributed by atoms with Crippen molar-refractivity contribution in [3.05, 3.63) is 29.8 Å². The van der Waals surface area contributed by atoms with Gasteiger partial charge in [-0.05, 0) is 49.9 Å². The maximum absolute atomic E-state index is 12.0. The first-order chi connectivity index (χ1) is 12.4. The molecule has 26 heavy (non-hydrogen) atoms. The summed E-state index contributed by atoms with van der Waals surface area (Å²) in [5, 5.41) is 22.7. The zero-order chi connectivity index (χ0) is 19.2. The molecule has 1 aromatic rings. The maximum atomic E-state index is 12.0. The average molecular weight is 354 g/mol. The van der Waals surface area contributed by atoms with Crippen LogP contribution in [0.5, 0.6) is 0 Å². The molecule has 0 bridgehead atoms. The number of carbonyl (C=O) groups excluding carboxylic acids is 3. The van der Waals surface area contributed by atoms with Gasteiger partial charge < -0.3 is 15.4 Å². The molecule has 0 unspecified atom stereocenters. The van der Waals surface area contributed by atoms with Crippen molar-refractivity contribution in [2.75, 3.05) is 11.9 Å². The third-order valence-corrected chi connectivity index (χ3v) is 4.00. The molecule has 134 valence electrons. The third-order valence-electron chi connectivity index (χ3n) is 4.00. The summed E-state index contributed by atoms with van der Waals surface area (Å²) in [4.78, 5) is 35.2. The van der Waals surface area contributed by atoms with E-state index in [1.807, 2.05) is 0 Å². The second-order valence-corrected chi connectivity index (χ2v) is 6.17. The summed E-state index contributed by atoms with van der Waals surface area (Å²) < 4.78 is 4.95. The number of nitrogens with one attached hydrogen (secondary N) is 2. The van der Waals surface area contributed by atoms with Crippen LogP contribution in [0.25, 0.3) is 0 Å². The lowest BCUT2D eigenvalue weighted by Crippen LogP contribution is -2.48. The maximum Gasteiger partial charge on any atom is 0.338 e. The van der Waals surface area contributed by atoms with Crippen molar-refractivity contribution in [2.24, 2.45) is 5.92 Å². The van der Waals surface area contributed by atoms with E-state index < -0.39 is 29.9 Å². The number of nitriles is 2. The Morgan fingerprint density at radius 3 is 2.38 bits per heavy atom. The number of ether oxygens (including phenoxy) is 1. The molecule has 2 N–H and O–H groups in total. The number of anilines is 1. The SMILES string of the molecule is C[C@](C#N)(NC(=O)COC(=O)c1ccc(NC(=O)CC#N)cc1)C1CC1. The molecule has 0 spiro atoms. The molecular weight excluding hydrogens is 336 g/mol. The van der Waals surface area contributed by atoms with Crippen LogP contribution in [-0.2, 0) is 14.3 Å². The molecular formula is C18H18N4O4. The smallest absolute Gasteiger partial charge is 0.338 e. The van der Waals surface area contributed by atoms with E-state index in [9.17, 15) is 19.6 Å². The largest absolute Gasteiger partial charge is 0.452 e. The average Bonchev–Trinajstić information content (AvgIpc) is 3.46. The van der Waals surface area contributed by atoms with Gasteiger partial charge in [0, 0.05) is 5.69 Å². The number of benzene rings is 1. The number of carbonyl (C=O) groups is 3. The van der Waals surface area contributed by atoms with Gasteiger partial charge in [-0.1, -0.05) is 0 Å². The fraction of sp³-hybridized carbons (Fsp3) is 0.389. The van der Waals surface area contributed by atoms with Gasteiger partial charge in [0.25, 0.3) is 5.91 Å². The van der Waals surface area contributed by atoms with Crippen molar-refractivity contribution in [2.45, 2.75) is 31.7 Å². The Morgan fingerprint density at radius 1 is 1.19 bits per heavy atom. The number of hydrogen-bond donors (Lipinski definition) is 2. The van der Waals surface area contributed by atoms with E-state index in [1.165, 1.54) is 24.3 Å². The first-order valence-corrected chi connectivity index (χ1v) is 8.04. The van der Waals surface area contributed by atoms with Crippen LogP contribution in [-0.4, -0.2) is 29.9 Å². The molecule has 1 aliphatic rings. The lowest BCUT2D eigenvalue weighted by atomic mass is 9.98. The minimum absolute atomic E-state index is 0.135. The summed E-state index contributed by atoms with van der Waals surface area (Å²) in [5.41, 5.74) is -0.290. The topological polar surface area (TPSA) is 132 Å². The quantitative estimate of drug-likeness (QED) is 0.713. The Labute approximate surface area is 150 Å². The van der Waals surface area contributed by atoms with E-state index in [1.54, 1.807) is 13.0 Å². The molecule has 1 atom stereocenters. The van der Waals surface area contributed by atoms with E-state index >= 15 is 0 Å². The van der Waals surface area contributed by atoms with Gasteiger partial charge in [0.2, 0.25) is 5.91 Å². The summed E-state index contributed by atoms with van der Waals surface area (Å²) in [6.45, 7) is 1.17. The Hall–Kier alpha value is -3.39.